The van der Waals surface area contributed by atoms with E-state index in [9.17, 15) is 4.79 Å². The molecule has 3 nitrogen and oxygen atoms in total. The number of hydrogen-bond donors (Lipinski definition) is 0. The fraction of sp³-hybridized carbons (Fsp3) is 0.423. The van der Waals surface area contributed by atoms with Gasteiger partial charge in [0.15, 0.2) is 0 Å². The highest BCUT2D eigenvalue weighted by Gasteiger charge is 2.27. The molecule has 0 N–H and O–H groups in total. The van der Waals surface area contributed by atoms with Gasteiger partial charge >= 0.3 is 5.97 Å². The van der Waals surface area contributed by atoms with Crippen LogP contribution in [0.25, 0.3) is 0 Å². The summed E-state index contributed by atoms with van der Waals surface area (Å²) >= 11 is 0. The lowest BCUT2D eigenvalue weighted by Crippen LogP contribution is -2.25. The Morgan fingerprint density at radius 2 is 1.41 bits per heavy atom. The smallest absolute Gasteiger partial charge is 0.314 e. The summed E-state index contributed by atoms with van der Waals surface area (Å²) in [6.45, 7) is 4.85. The van der Waals surface area contributed by atoms with Crippen molar-refractivity contribution >= 4 is 5.97 Å². The third-order valence-electron chi connectivity index (χ3n) is 5.47. The van der Waals surface area contributed by atoms with E-state index >= 15 is 0 Å². The SMILES string of the molecule is CCCC1CCC(C(=O)Oc2ccc(C#Cc3ccc(OCC)cc3)cc2)CC1. The maximum Gasteiger partial charge on any atom is 0.314 e. The molecule has 1 aliphatic carbocycles. The number of carbonyl (C=O) groups is 1. The highest BCUT2D eigenvalue weighted by atomic mass is 16.5. The van der Waals surface area contributed by atoms with Gasteiger partial charge in [-0.3, -0.25) is 4.79 Å². The molecule has 0 heterocycles. The zero-order chi connectivity index (χ0) is 20.5. The molecule has 0 aliphatic heterocycles. The summed E-state index contributed by atoms with van der Waals surface area (Å²) in [7, 11) is 0. The lowest BCUT2D eigenvalue weighted by atomic mass is 9.80. The molecule has 1 saturated carbocycles. The molecule has 1 aliphatic rings. The van der Waals surface area contributed by atoms with Gasteiger partial charge in [-0.1, -0.05) is 31.6 Å². The van der Waals surface area contributed by atoms with E-state index in [1.165, 1.54) is 12.8 Å². The van der Waals surface area contributed by atoms with Gasteiger partial charge in [0.25, 0.3) is 0 Å². The zero-order valence-corrected chi connectivity index (χ0v) is 17.4. The average Bonchev–Trinajstić information content (AvgIpc) is 2.75. The van der Waals surface area contributed by atoms with Crippen LogP contribution < -0.4 is 9.47 Å². The summed E-state index contributed by atoms with van der Waals surface area (Å²) in [5, 5.41) is 0. The van der Waals surface area contributed by atoms with Gasteiger partial charge in [-0.05, 0) is 87.1 Å². The molecule has 0 saturated heterocycles. The second-order valence-corrected chi connectivity index (χ2v) is 7.66. The summed E-state index contributed by atoms with van der Waals surface area (Å²) in [5.41, 5.74) is 1.82. The predicted molar refractivity (Wildman–Crippen MR) is 116 cm³/mol. The van der Waals surface area contributed by atoms with Crippen molar-refractivity contribution < 1.29 is 14.3 Å². The van der Waals surface area contributed by atoms with Crippen LogP contribution in [0.1, 0.15) is 63.5 Å². The van der Waals surface area contributed by atoms with E-state index < -0.39 is 0 Å². The van der Waals surface area contributed by atoms with Crippen LogP contribution in [0.3, 0.4) is 0 Å². The Bertz CT molecular complexity index is 832. The Labute approximate surface area is 174 Å². The van der Waals surface area contributed by atoms with Crippen molar-refractivity contribution in [1.82, 2.24) is 0 Å². The Kier molecular flexibility index (Phi) is 7.76. The van der Waals surface area contributed by atoms with E-state index in [0.717, 1.165) is 48.5 Å². The Balaban J connectivity index is 1.52. The van der Waals surface area contributed by atoms with Crippen molar-refractivity contribution in [2.24, 2.45) is 11.8 Å². The molecule has 3 rings (SSSR count). The van der Waals surface area contributed by atoms with E-state index in [4.69, 9.17) is 9.47 Å². The summed E-state index contributed by atoms with van der Waals surface area (Å²) < 4.78 is 11.0. The van der Waals surface area contributed by atoms with E-state index in [0.29, 0.717) is 12.4 Å². The first-order valence-electron chi connectivity index (χ1n) is 10.7. The maximum absolute atomic E-state index is 12.4. The zero-order valence-electron chi connectivity index (χ0n) is 17.4. The molecule has 3 heteroatoms. The molecule has 1 fully saturated rings. The number of carbonyl (C=O) groups excluding carboxylic acids is 1. The minimum atomic E-state index is -0.0897. The fourth-order valence-corrected chi connectivity index (χ4v) is 3.85. The van der Waals surface area contributed by atoms with Crippen molar-refractivity contribution in [2.45, 2.75) is 52.4 Å². The monoisotopic (exact) mass is 390 g/mol. The minimum absolute atomic E-state index is 0.0437. The number of esters is 1. The average molecular weight is 391 g/mol. The van der Waals surface area contributed by atoms with Crippen LogP contribution in [0.5, 0.6) is 11.5 Å². The van der Waals surface area contributed by atoms with Gasteiger partial charge in [0.2, 0.25) is 0 Å². The first kappa shape index (κ1) is 21.0. The minimum Gasteiger partial charge on any atom is -0.494 e. The molecule has 0 radical (unpaired) electrons. The van der Waals surface area contributed by atoms with Gasteiger partial charge in [0.1, 0.15) is 11.5 Å². The quantitative estimate of drug-likeness (QED) is 0.345. The molecule has 0 unspecified atom stereocenters. The standard InChI is InChI=1S/C26H30O3/c1-3-5-20-8-14-23(15-9-20)26(27)29-25-18-12-22(13-19-25)7-6-21-10-16-24(17-11-21)28-4-2/h10-13,16-20,23H,3-5,8-9,14-15H2,1-2H3. The molecule has 0 atom stereocenters. The molecule has 0 spiro atoms. The number of benzene rings is 2. The van der Waals surface area contributed by atoms with Crippen LogP contribution in [-0.4, -0.2) is 12.6 Å². The third-order valence-corrected chi connectivity index (χ3v) is 5.47. The van der Waals surface area contributed by atoms with Crippen molar-refractivity contribution in [3.05, 3.63) is 59.7 Å². The van der Waals surface area contributed by atoms with E-state index in [2.05, 4.69) is 18.8 Å². The maximum atomic E-state index is 12.4. The van der Waals surface area contributed by atoms with Crippen molar-refractivity contribution in [3.63, 3.8) is 0 Å². The van der Waals surface area contributed by atoms with E-state index in [1.54, 1.807) is 0 Å². The molecule has 2 aromatic rings. The summed E-state index contributed by atoms with van der Waals surface area (Å²) in [4.78, 5) is 12.4. The Hall–Kier alpha value is -2.73. The topological polar surface area (TPSA) is 35.5 Å². The highest BCUT2D eigenvalue weighted by Crippen LogP contribution is 2.32. The molecule has 152 valence electrons. The van der Waals surface area contributed by atoms with Crippen molar-refractivity contribution in [3.8, 4) is 23.3 Å². The second kappa shape index (κ2) is 10.7. The van der Waals surface area contributed by atoms with Crippen LogP contribution in [0.2, 0.25) is 0 Å². The molecular formula is C26H30O3. The van der Waals surface area contributed by atoms with Crippen molar-refractivity contribution in [1.29, 1.82) is 0 Å². The first-order chi connectivity index (χ1) is 14.2. The number of rotatable bonds is 6. The third kappa shape index (κ3) is 6.39. The molecule has 29 heavy (non-hydrogen) atoms. The van der Waals surface area contributed by atoms with Crippen LogP contribution in [0.15, 0.2) is 48.5 Å². The highest BCUT2D eigenvalue weighted by molar-refractivity contribution is 5.75. The second-order valence-electron chi connectivity index (χ2n) is 7.66. The predicted octanol–water partition coefficient (Wildman–Crippen LogP) is 6.00. The largest absolute Gasteiger partial charge is 0.494 e. The van der Waals surface area contributed by atoms with Gasteiger partial charge in [0, 0.05) is 11.1 Å². The van der Waals surface area contributed by atoms with E-state index in [-0.39, 0.29) is 11.9 Å². The van der Waals surface area contributed by atoms with Gasteiger partial charge in [-0.15, -0.1) is 0 Å². The molecule has 2 aromatic carbocycles. The van der Waals surface area contributed by atoms with Gasteiger partial charge in [-0.2, -0.15) is 0 Å². The molecule has 0 bridgehead atoms. The number of hydrogen-bond acceptors (Lipinski definition) is 3. The molecule has 0 aromatic heterocycles. The molecule has 0 amide bonds. The van der Waals surface area contributed by atoms with Crippen LogP contribution >= 0.6 is 0 Å². The Morgan fingerprint density at radius 1 is 0.862 bits per heavy atom. The van der Waals surface area contributed by atoms with E-state index in [1.807, 2.05) is 55.5 Å². The van der Waals surface area contributed by atoms with Crippen LogP contribution in [-0.2, 0) is 4.79 Å². The summed E-state index contributed by atoms with van der Waals surface area (Å²) in [6.07, 6.45) is 6.71. The molecular weight excluding hydrogens is 360 g/mol. The lowest BCUT2D eigenvalue weighted by Gasteiger charge is -2.26. The van der Waals surface area contributed by atoms with Gasteiger partial charge in [-0.25, -0.2) is 0 Å². The first-order valence-corrected chi connectivity index (χ1v) is 10.7. The van der Waals surface area contributed by atoms with Crippen LogP contribution in [0.4, 0.5) is 0 Å². The van der Waals surface area contributed by atoms with Crippen molar-refractivity contribution in [2.75, 3.05) is 6.61 Å². The van der Waals surface area contributed by atoms with Gasteiger partial charge in [0.05, 0.1) is 12.5 Å². The fourth-order valence-electron chi connectivity index (χ4n) is 3.85. The van der Waals surface area contributed by atoms with Crippen LogP contribution in [0, 0.1) is 23.7 Å². The summed E-state index contributed by atoms with van der Waals surface area (Å²) in [5.74, 6) is 8.47. The summed E-state index contributed by atoms with van der Waals surface area (Å²) in [6, 6.07) is 15.2. The van der Waals surface area contributed by atoms with Gasteiger partial charge < -0.3 is 9.47 Å². The lowest BCUT2D eigenvalue weighted by molar-refractivity contribution is -0.140. The number of ether oxygens (including phenoxy) is 2. The Morgan fingerprint density at radius 3 is 1.93 bits per heavy atom. The normalized spacial score (nSPS) is 18.4.